The molecule has 0 bridgehead atoms. The molecular weight excluding hydrogens is 172 g/mol. The molecule has 0 radical (unpaired) electrons. The highest BCUT2D eigenvalue weighted by atomic mass is 15.2. The average molecular weight is 196 g/mol. The summed E-state index contributed by atoms with van der Waals surface area (Å²) in [6.45, 7) is 1.97. The zero-order chi connectivity index (χ0) is 9.80. The van der Waals surface area contributed by atoms with E-state index in [1.807, 2.05) is 0 Å². The van der Waals surface area contributed by atoms with Gasteiger partial charge in [0.05, 0.1) is 0 Å². The Hall–Kier alpha value is -0.0800. The topological polar surface area (TPSA) is 29.3 Å². The number of hydrogen-bond acceptors (Lipinski definition) is 2. The Morgan fingerprint density at radius 2 is 1.43 bits per heavy atom. The van der Waals surface area contributed by atoms with Crippen LogP contribution in [0.3, 0.4) is 0 Å². The van der Waals surface area contributed by atoms with Crippen molar-refractivity contribution in [3.8, 4) is 0 Å². The van der Waals surface area contributed by atoms with E-state index in [1.165, 1.54) is 51.4 Å². The van der Waals surface area contributed by atoms with Crippen molar-refractivity contribution in [1.82, 2.24) is 4.90 Å². The fraction of sp³-hybridized carbons (Fsp3) is 1.00. The summed E-state index contributed by atoms with van der Waals surface area (Å²) < 4.78 is 0. The highest BCUT2D eigenvalue weighted by molar-refractivity contribution is 4.89. The smallest absolute Gasteiger partial charge is 0.0110 e. The average Bonchev–Trinajstić information content (AvgIpc) is 3.02. The normalized spacial score (nSPS) is 25.3. The molecule has 2 aliphatic carbocycles. The Labute approximate surface area is 87.8 Å². The van der Waals surface area contributed by atoms with Gasteiger partial charge in [0.25, 0.3) is 0 Å². The molecule has 0 aromatic heterocycles. The second kappa shape index (κ2) is 5.13. The second-order valence-corrected chi connectivity index (χ2v) is 4.90. The molecule has 2 saturated carbocycles. The van der Waals surface area contributed by atoms with Crippen LogP contribution in [0.15, 0.2) is 0 Å². The van der Waals surface area contributed by atoms with Crippen LogP contribution >= 0.6 is 0 Å². The molecule has 2 heteroatoms. The molecule has 0 atom stereocenters. The van der Waals surface area contributed by atoms with Gasteiger partial charge in [-0.3, -0.25) is 4.90 Å². The largest absolute Gasteiger partial charge is 0.329 e. The first-order valence-electron chi connectivity index (χ1n) is 6.37. The van der Waals surface area contributed by atoms with Gasteiger partial charge in [0.15, 0.2) is 0 Å². The van der Waals surface area contributed by atoms with Gasteiger partial charge in [0, 0.05) is 25.2 Å². The summed E-state index contributed by atoms with van der Waals surface area (Å²) >= 11 is 0. The molecule has 0 unspecified atom stereocenters. The van der Waals surface area contributed by atoms with Crippen LogP contribution in [0.4, 0.5) is 0 Å². The summed E-state index contributed by atoms with van der Waals surface area (Å²) in [6, 6.07) is 1.77. The maximum absolute atomic E-state index is 5.70. The van der Waals surface area contributed by atoms with Gasteiger partial charge >= 0.3 is 0 Å². The quantitative estimate of drug-likeness (QED) is 0.698. The van der Waals surface area contributed by atoms with E-state index in [9.17, 15) is 0 Å². The first-order chi connectivity index (χ1) is 6.92. The summed E-state index contributed by atoms with van der Waals surface area (Å²) in [4.78, 5) is 2.71. The number of hydrogen-bond donors (Lipinski definition) is 1. The molecule has 0 spiro atoms. The number of rotatable bonds is 4. The molecule has 0 amide bonds. The third-order valence-electron chi connectivity index (χ3n) is 3.70. The van der Waals surface area contributed by atoms with Crippen LogP contribution in [0.2, 0.25) is 0 Å². The van der Waals surface area contributed by atoms with E-state index in [1.54, 1.807) is 0 Å². The minimum Gasteiger partial charge on any atom is -0.329 e. The highest BCUT2D eigenvalue weighted by Crippen LogP contribution is 2.32. The van der Waals surface area contributed by atoms with Crippen LogP contribution in [0.1, 0.15) is 51.4 Å². The van der Waals surface area contributed by atoms with Gasteiger partial charge in [-0.2, -0.15) is 0 Å². The fourth-order valence-electron chi connectivity index (χ4n) is 2.81. The van der Waals surface area contributed by atoms with E-state index in [2.05, 4.69) is 4.90 Å². The third kappa shape index (κ3) is 2.71. The maximum atomic E-state index is 5.70. The summed E-state index contributed by atoms with van der Waals surface area (Å²) in [6.07, 6.45) is 11.5. The van der Waals surface area contributed by atoms with Gasteiger partial charge in [-0.15, -0.1) is 0 Å². The Balaban J connectivity index is 1.86. The number of nitrogens with zero attached hydrogens (tertiary/aromatic N) is 1. The van der Waals surface area contributed by atoms with Crippen molar-refractivity contribution in [1.29, 1.82) is 0 Å². The maximum Gasteiger partial charge on any atom is 0.0110 e. The molecule has 0 aliphatic heterocycles. The van der Waals surface area contributed by atoms with Crippen molar-refractivity contribution in [2.24, 2.45) is 5.73 Å². The van der Waals surface area contributed by atoms with Crippen molar-refractivity contribution in [2.75, 3.05) is 13.1 Å². The van der Waals surface area contributed by atoms with Crippen molar-refractivity contribution < 1.29 is 0 Å². The lowest BCUT2D eigenvalue weighted by molar-refractivity contribution is 0.174. The first kappa shape index (κ1) is 10.4. The molecule has 0 aromatic carbocycles. The molecule has 2 nitrogen and oxygen atoms in total. The predicted molar refractivity (Wildman–Crippen MR) is 60.3 cm³/mol. The van der Waals surface area contributed by atoms with Crippen LogP contribution in [0.5, 0.6) is 0 Å². The molecular formula is C12H24N2. The summed E-state index contributed by atoms with van der Waals surface area (Å²) in [5, 5.41) is 0. The predicted octanol–water partition coefficient (Wildman–Crippen LogP) is 2.13. The van der Waals surface area contributed by atoms with E-state index in [4.69, 9.17) is 5.73 Å². The van der Waals surface area contributed by atoms with Gasteiger partial charge in [0.2, 0.25) is 0 Å². The Kier molecular flexibility index (Phi) is 3.82. The van der Waals surface area contributed by atoms with E-state index >= 15 is 0 Å². The van der Waals surface area contributed by atoms with Crippen molar-refractivity contribution in [3.05, 3.63) is 0 Å². The van der Waals surface area contributed by atoms with E-state index in [0.717, 1.165) is 25.2 Å². The van der Waals surface area contributed by atoms with Crippen LogP contribution < -0.4 is 5.73 Å². The molecule has 2 rings (SSSR count). The van der Waals surface area contributed by atoms with Gasteiger partial charge in [-0.1, -0.05) is 25.7 Å². The summed E-state index contributed by atoms with van der Waals surface area (Å²) in [5.74, 6) is 0. The summed E-state index contributed by atoms with van der Waals surface area (Å²) in [5.41, 5.74) is 5.70. The highest BCUT2D eigenvalue weighted by Gasteiger charge is 2.33. The van der Waals surface area contributed by atoms with Crippen LogP contribution in [0, 0.1) is 0 Å². The van der Waals surface area contributed by atoms with Crippen LogP contribution in [-0.2, 0) is 0 Å². The monoisotopic (exact) mass is 196 g/mol. The van der Waals surface area contributed by atoms with E-state index < -0.39 is 0 Å². The van der Waals surface area contributed by atoms with E-state index in [0.29, 0.717) is 0 Å². The van der Waals surface area contributed by atoms with E-state index in [-0.39, 0.29) is 0 Å². The summed E-state index contributed by atoms with van der Waals surface area (Å²) in [7, 11) is 0. The lowest BCUT2D eigenvalue weighted by atomic mass is 10.1. The van der Waals surface area contributed by atoms with Crippen molar-refractivity contribution in [3.63, 3.8) is 0 Å². The molecule has 2 fully saturated rings. The first-order valence-corrected chi connectivity index (χ1v) is 6.37. The molecule has 0 aromatic rings. The van der Waals surface area contributed by atoms with Crippen molar-refractivity contribution >= 4 is 0 Å². The van der Waals surface area contributed by atoms with Gasteiger partial charge in [-0.05, 0) is 25.7 Å². The zero-order valence-corrected chi connectivity index (χ0v) is 9.25. The SMILES string of the molecule is NCCN(C1CCCCCC1)C1CC1. The van der Waals surface area contributed by atoms with Gasteiger partial charge < -0.3 is 5.73 Å². The lowest BCUT2D eigenvalue weighted by Gasteiger charge is -2.30. The molecule has 14 heavy (non-hydrogen) atoms. The Bertz CT molecular complexity index is 158. The van der Waals surface area contributed by atoms with Gasteiger partial charge in [-0.25, -0.2) is 0 Å². The Morgan fingerprint density at radius 1 is 0.857 bits per heavy atom. The Morgan fingerprint density at radius 3 is 1.93 bits per heavy atom. The van der Waals surface area contributed by atoms with Crippen LogP contribution in [-0.4, -0.2) is 30.1 Å². The third-order valence-corrected chi connectivity index (χ3v) is 3.70. The van der Waals surface area contributed by atoms with Crippen LogP contribution in [0.25, 0.3) is 0 Å². The molecule has 82 valence electrons. The minimum absolute atomic E-state index is 0.840. The fourth-order valence-corrected chi connectivity index (χ4v) is 2.81. The molecule has 0 saturated heterocycles. The zero-order valence-electron chi connectivity index (χ0n) is 9.25. The van der Waals surface area contributed by atoms with Gasteiger partial charge in [0.1, 0.15) is 0 Å². The second-order valence-electron chi connectivity index (χ2n) is 4.90. The number of nitrogens with two attached hydrogens (primary N) is 1. The lowest BCUT2D eigenvalue weighted by Crippen LogP contribution is -2.40. The molecule has 0 heterocycles. The van der Waals surface area contributed by atoms with Crippen molar-refractivity contribution in [2.45, 2.75) is 63.5 Å². The minimum atomic E-state index is 0.840. The molecule has 2 N–H and O–H groups in total. The standard InChI is InChI=1S/C12H24N2/c13-9-10-14(12-7-8-12)11-5-3-1-2-4-6-11/h11-12H,1-10,13H2. The molecule has 2 aliphatic rings.